The molecule has 1 aliphatic heterocycles. The second-order valence-corrected chi connectivity index (χ2v) is 13.5. The molecular weight excluding hydrogens is 657 g/mol. The summed E-state index contributed by atoms with van der Waals surface area (Å²) in [6.45, 7) is 2.29. The summed E-state index contributed by atoms with van der Waals surface area (Å²) in [5, 5.41) is 14.4. The number of methoxy groups -OCH3 is 1. The van der Waals surface area contributed by atoms with Gasteiger partial charge in [0.05, 0.1) is 29.9 Å². The van der Waals surface area contributed by atoms with Crippen LogP contribution in [0.5, 0.6) is 5.75 Å². The molecule has 1 saturated carbocycles. The van der Waals surface area contributed by atoms with Crippen molar-refractivity contribution in [1.82, 2.24) is 25.2 Å². The SMILES string of the molecule is COc1cc(-n2cc3cc(-c4cc(CCCC(N)C5CC5)cc(C(F)(F)F)c4F)[nH]c3nc2=O)cc(F)c1[C@@H]1CCC[C@@H](CCNC(C)=N)N1. The summed E-state index contributed by atoms with van der Waals surface area (Å²) < 4.78 is 79.9. The molecule has 0 amide bonds. The van der Waals surface area contributed by atoms with Crippen LogP contribution in [-0.4, -0.2) is 46.1 Å². The molecule has 14 heteroatoms. The fourth-order valence-electron chi connectivity index (χ4n) is 6.99. The summed E-state index contributed by atoms with van der Waals surface area (Å²) in [6.07, 6.45) is 3.34. The van der Waals surface area contributed by atoms with E-state index in [0.29, 0.717) is 60.5 Å². The van der Waals surface area contributed by atoms with E-state index in [4.69, 9.17) is 15.9 Å². The molecule has 0 radical (unpaired) electrons. The maximum atomic E-state index is 15.9. The fourth-order valence-corrected chi connectivity index (χ4v) is 6.99. The average Bonchev–Trinajstić information content (AvgIpc) is 3.84. The molecule has 4 aromatic rings. The van der Waals surface area contributed by atoms with Crippen molar-refractivity contribution in [3.63, 3.8) is 0 Å². The molecule has 2 aliphatic rings. The molecule has 9 nitrogen and oxygen atoms in total. The molecule has 1 unspecified atom stereocenters. The number of H-pyrrole nitrogens is 1. The minimum Gasteiger partial charge on any atom is -0.496 e. The lowest BCUT2D eigenvalue weighted by atomic mass is 9.91. The van der Waals surface area contributed by atoms with Gasteiger partial charge in [0.25, 0.3) is 0 Å². The third-order valence-corrected chi connectivity index (χ3v) is 9.75. The van der Waals surface area contributed by atoms with Gasteiger partial charge in [0.2, 0.25) is 0 Å². The Labute approximate surface area is 286 Å². The van der Waals surface area contributed by atoms with Crippen LogP contribution in [0.2, 0.25) is 0 Å². The highest BCUT2D eigenvalue weighted by atomic mass is 19.4. The van der Waals surface area contributed by atoms with Crippen LogP contribution < -0.4 is 26.8 Å². The first kappa shape index (κ1) is 35.5. The molecule has 2 aromatic carbocycles. The van der Waals surface area contributed by atoms with Gasteiger partial charge in [-0.05, 0) is 94.0 Å². The van der Waals surface area contributed by atoms with Crippen molar-refractivity contribution in [2.75, 3.05) is 13.7 Å². The monoisotopic (exact) mass is 699 g/mol. The molecule has 1 aliphatic carbocycles. The number of amidine groups is 1. The number of nitrogens with one attached hydrogen (secondary N) is 4. The molecule has 2 fully saturated rings. The van der Waals surface area contributed by atoms with Crippen LogP contribution in [0.15, 0.2) is 41.3 Å². The van der Waals surface area contributed by atoms with Crippen molar-refractivity contribution in [3.8, 4) is 22.7 Å². The number of hydrogen-bond donors (Lipinski definition) is 5. The van der Waals surface area contributed by atoms with Crippen LogP contribution in [0.25, 0.3) is 28.0 Å². The number of ether oxygens (including phenoxy) is 1. The average molecular weight is 700 g/mol. The lowest BCUT2D eigenvalue weighted by Gasteiger charge is -2.32. The number of alkyl halides is 3. The third kappa shape index (κ3) is 7.86. The van der Waals surface area contributed by atoms with E-state index < -0.39 is 29.1 Å². The minimum atomic E-state index is -4.92. The smallest absolute Gasteiger partial charge is 0.419 e. The molecule has 50 heavy (non-hydrogen) atoms. The summed E-state index contributed by atoms with van der Waals surface area (Å²) in [7, 11) is 1.42. The zero-order valence-corrected chi connectivity index (χ0v) is 28.0. The highest BCUT2D eigenvalue weighted by Gasteiger charge is 2.36. The molecule has 268 valence electrons. The Morgan fingerprint density at radius 3 is 2.64 bits per heavy atom. The van der Waals surface area contributed by atoms with Gasteiger partial charge in [-0.15, -0.1) is 0 Å². The summed E-state index contributed by atoms with van der Waals surface area (Å²) in [4.78, 5) is 20.1. The predicted molar refractivity (Wildman–Crippen MR) is 182 cm³/mol. The lowest BCUT2D eigenvalue weighted by Crippen LogP contribution is -2.39. The van der Waals surface area contributed by atoms with Crippen LogP contribution in [0, 0.1) is 23.0 Å². The Hall–Kier alpha value is -4.30. The van der Waals surface area contributed by atoms with Crippen molar-refractivity contribution in [3.05, 3.63) is 75.3 Å². The van der Waals surface area contributed by atoms with Crippen molar-refractivity contribution < 1.29 is 26.7 Å². The number of fused-ring (bicyclic) bond motifs is 1. The van der Waals surface area contributed by atoms with E-state index in [2.05, 4.69) is 20.6 Å². The van der Waals surface area contributed by atoms with Gasteiger partial charge in [-0.1, -0.05) is 6.42 Å². The summed E-state index contributed by atoms with van der Waals surface area (Å²) in [5.41, 5.74) is 4.60. The number of aromatic amines is 1. The highest BCUT2D eigenvalue weighted by molar-refractivity contribution is 5.83. The van der Waals surface area contributed by atoms with Gasteiger partial charge >= 0.3 is 11.9 Å². The zero-order valence-electron chi connectivity index (χ0n) is 28.0. The molecule has 0 spiro atoms. The van der Waals surface area contributed by atoms with Crippen molar-refractivity contribution in [1.29, 1.82) is 5.41 Å². The summed E-state index contributed by atoms with van der Waals surface area (Å²) in [5.74, 6) is -0.924. The fraction of sp³-hybridized carbons (Fsp3) is 0.472. The van der Waals surface area contributed by atoms with E-state index in [0.717, 1.165) is 42.7 Å². The minimum absolute atomic E-state index is 0.00146. The first-order chi connectivity index (χ1) is 23.8. The lowest BCUT2D eigenvalue weighted by molar-refractivity contribution is -0.140. The molecule has 2 aromatic heterocycles. The first-order valence-electron chi connectivity index (χ1n) is 17.0. The van der Waals surface area contributed by atoms with Gasteiger partial charge in [0, 0.05) is 53.4 Å². The normalized spacial score (nSPS) is 18.7. The first-order valence-corrected chi connectivity index (χ1v) is 17.0. The van der Waals surface area contributed by atoms with Crippen LogP contribution in [0.4, 0.5) is 22.0 Å². The van der Waals surface area contributed by atoms with E-state index in [1.165, 1.54) is 31.5 Å². The maximum Gasteiger partial charge on any atom is 0.419 e. The topological polar surface area (TPSA) is 134 Å². The summed E-state index contributed by atoms with van der Waals surface area (Å²) in [6, 6.07) is 6.21. The van der Waals surface area contributed by atoms with E-state index in [9.17, 15) is 18.0 Å². The van der Waals surface area contributed by atoms with E-state index in [1.54, 1.807) is 13.0 Å². The third-order valence-electron chi connectivity index (χ3n) is 9.75. The van der Waals surface area contributed by atoms with Gasteiger partial charge in [0.1, 0.15) is 23.0 Å². The maximum absolute atomic E-state index is 15.9. The number of nitrogens with two attached hydrogens (primary N) is 1. The zero-order chi connectivity index (χ0) is 35.7. The predicted octanol–water partition coefficient (Wildman–Crippen LogP) is 6.91. The van der Waals surface area contributed by atoms with E-state index in [1.807, 2.05) is 0 Å². The molecule has 6 rings (SSSR count). The quantitative estimate of drug-likeness (QED) is 0.0621. The van der Waals surface area contributed by atoms with Gasteiger partial charge in [-0.2, -0.15) is 18.2 Å². The van der Waals surface area contributed by atoms with Gasteiger partial charge in [0.15, 0.2) is 0 Å². The molecule has 3 atom stereocenters. The van der Waals surface area contributed by atoms with E-state index >= 15 is 8.78 Å². The Bertz CT molecular complexity index is 1930. The molecule has 6 N–H and O–H groups in total. The van der Waals surface area contributed by atoms with E-state index in [-0.39, 0.29) is 46.5 Å². The van der Waals surface area contributed by atoms with Crippen LogP contribution in [-0.2, 0) is 12.6 Å². The van der Waals surface area contributed by atoms with Crippen LogP contribution in [0.1, 0.15) is 81.0 Å². The highest BCUT2D eigenvalue weighted by Crippen LogP contribution is 2.39. The Morgan fingerprint density at radius 1 is 1.16 bits per heavy atom. The van der Waals surface area contributed by atoms with Gasteiger partial charge in [-0.3, -0.25) is 9.98 Å². The number of aromatic nitrogens is 3. The van der Waals surface area contributed by atoms with Gasteiger partial charge < -0.3 is 26.1 Å². The van der Waals surface area contributed by atoms with Crippen LogP contribution in [0.3, 0.4) is 0 Å². The second-order valence-electron chi connectivity index (χ2n) is 13.5. The van der Waals surface area contributed by atoms with Crippen molar-refractivity contribution in [2.45, 2.75) is 89.0 Å². The molecular formula is C36H42F5N7O2. The number of benzene rings is 2. The number of rotatable bonds is 12. The number of nitrogens with zero attached hydrogens (tertiary/aromatic N) is 2. The summed E-state index contributed by atoms with van der Waals surface area (Å²) >= 11 is 0. The number of aryl methyl sites for hydroxylation is 1. The van der Waals surface area contributed by atoms with Gasteiger partial charge in [-0.25, -0.2) is 13.6 Å². The number of halogens is 5. The second kappa shape index (κ2) is 14.5. The number of piperidine rings is 1. The number of hydrogen-bond acceptors (Lipinski definition) is 6. The van der Waals surface area contributed by atoms with Crippen molar-refractivity contribution >= 4 is 16.9 Å². The molecule has 0 bridgehead atoms. The molecule has 1 saturated heterocycles. The standard InChI is InChI=1S/C36H42F5N7O2/c1-19(42)44-12-11-23-6-4-8-29(45-23)32-27(37)16-24(17-31(32)50-2)48-18-22-15-30(46-34(22)47-35(48)49)25-13-20(5-3-7-28(43)21-9-10-21)14-26(33(25)38)36(39,40)41/h13-18,21,23,28-29,45H,3-12,43H2,1-2H3,(H2,42,44)(H,46,47,49)/t23-,28?,29-/m0/s1. The Kier molecular flexibility index (Phi) is 10.3. The largest absolute Gasteiger partial charge is 0.496 e. The van der Waals surface area contributed by atoms with Crippen LogP contribution >= 0.6 is 0 Å². The Morgan fingerprint density at radius 2 is 1.94 bits per heavy atom. The van der Waals surface area contributed by atoms with Crippen molar-refractivity contribution in [2.24, 2.45) is 11.7 Å². The molecule has 3 heterocycles. The Balaban J connectivity index is 1.29.